The van der Waals surface area contributed by atoms with E-state index in [0.717, 1.165) is 32.5 Å². The minimum Gasteiger partial charge on any atom is -0.387 e. The molecule has 0 amide bonds. The Hall–Kier alpha value is -1.90. The number of rotatable bonds is 6. The molecule has 0 unspecified atom stereocenters. The zero-order valence-corrected chi connectivity index (χ0v) is 11.4. The van der Waals surface area contributed by atoms with E-state index in [0.29, 0.717) is 6.04 Å². The summed E-state index contributed by atoms with van der Waals surface area (Å²) >= 11 is 0. The summed E-state index contributed by atoms with van der Waals surface area (Å²) in [5.41, 5.74) is 2.52. The predicted molar refractivity (Wildman–Crippen MR) is 81.9 cm³/mol. The van der Waals surface area contributed by atoms with Crippen molar-refractivity contribution in [2.75, 3.05) is 18.4 Å². The summed E-state index contributed by atoms with van der Waals surface area (Å²) in [6.45, 7) is 10.5. The molecule has 1 fully saturated rings. The molecule has 1 heterocycles. The van der Waals surface area contributed by atoms with Crippen LogP contribution in [0.1, 0.15) is 18.4 Å². The number of nitrogens with zero attached hydrogens (tertiary/aromatic N) is 1. The second kappa shape index (κ2) is 6.88. The molecule has 0 bridgehead atoms. The third-order valence-corrected chi connectivity index (χ3v) is 3.60. The van der Waals surface area contributed by atoms with Gasteiger partial charge in [-0.15, -0.1) is 0 Å². The summed E-state index contributed by atoms with van der Waals surface area (Å²) in [5.74, 6) is 0. The van der Waals surface area contributed by atoms with Crippen LogP contribution in [0.4, 0.5) is 5.69 Å². The Balaban J connectivity index is 1.95. The number of benzene rings is 1. The Kier molecular flexibility index (Phi) is 4.90. The normalized spacial score (nSPS) is 15.9. The largest absolute Gasteiger partial charge is 0.387 e. The molecule has 0 saturated carbocycles. The summed E-state index contributed by atoms with van der Waals surface area (Å²) in [5, 5.41) is 6.83. The molecule has 3 heteroatoms. The molecule has 2 N–H and O–H groups in total. The van der Waals surface area contributed by atoms with Crippen LogP contribution in [-0.2, 0) is 6.54 Å². The van der Waals surface area contributed by atoms with Gasteiger partial charge in [0, 0.05) is 31.4 Å². The van der Waals surface area contributed by atoms with Gasteiger partial charge >= 0.3 is 0 Å². The van der Waals surface area contributed by atoms with Crippen molar-refractivity contribution in [1.82, 2.24) is 10.2 Å². The summed E-state index contributed by atoms with van der Waals surface area (Å²) in [4.78, 5) is 2.28. The first kappa shape index (κ1) is 13.5. The highest BCUT2D eigenvalue weighted by Gasteiger charge is 2.17. The average molecular weight is 257 g/mol. The van der Waals surface area contributed by atoms with Crippen LogP contribution in [0.15, 0.2) is 49.8 Å². The third kappa shape index (κ3) is 3.78. The van der Waals surface area contributed by atoms with E-state index in [1.807, 2.05) is 6.20 Å². The lowest BCUT2D eigenvalue weighted by molar-refractivity contribution is 0.294. The minimum absolute atomic E-state index is 0.557. The molecule has 0 atom stereocenters. The fourth-order valence-electron chi connectivity index (χ4n) is 2.44. The lowest BCUT2D eigenvalue weighted by Crippen LogP contribution is -2.36. The van der Waals surface area contributed by atoms with Gasteiger partial charge in [0.25, 0.3) is 0 Å². The van der Waals surface area contributed by atoms with Crippen molar-refractivity contribution in [2.45, 2.75) is 25.4 Å². The molecule has 0 aromatic heterocycles. The van der Waals surface area contributed by atoms with Crippen molar-refractivity contribution in [3.63, 3.8) is 0 Å². The van der Waals surface area contributed by atoms with Crippen LogP contribution in [0, 0.1) is 0 Å². The van der Waals surface area contributed by atoms with Gasteiger partial charge in [-0.3, -0.25) is 0 Å². The average Bonchev–Trinajstić information content (AvgIpc) is 2.47. The van der Waals surface area contributed by atoms with Crippen molar-refractivity contribution in [3.8, 4) is 0 Å². The molecule has 1 saturated heterocycles. The van der Waals surface area contributed by atoms with Gasteiger partial charge in [0.2, 0.25) is 0 Å². The van der Waals surface area contributed by atoms with E-state index in [-0.39, 0.29) is 0 Å². The second-order valence-corrected chi connectivity index (χ2v) is 4.88. The van der Waals surface area contributed by atoms with E-state index >= 15 is 0 Å². The van der Waals surface area contributed by atoms with Gasteiger partial charge < -0.3 is 15.5 Å². The third-order valence-electron chi connectivity index (χ3n) is 3.60. The Bertz CT molecular complexity index is 420. The number of para-hydroxylation sites is 1. The summed E-state index contributed by atoms with van der Waals surface area (Å²) in [6, 6.07) is 9.02. The van der Waals surface area contributed by atoms with E-state index in [9.17, 15) is 0 Å². The maximum Gasteiger partial charge on any atom is 0.0415 e. The summed E-state index contributed by atoms with van der Waals surface area (Å²) < 4.78 is 0. The van der Waals surface area contributed by atoms with E-state index in [1.54, 1.807) is 6.20 Å². The predicted octanol–water partition coefficient (Wildman–Crippen LogP) is 2.94. The number of hydrogen-bond acceptors (Lipinski definition) is 3. The number of nitrogens with one attached hydrogen (secondary N) is 2. The lowest BCUT2D eigenvalue weighted by Gasteiger charge is -2.32. The molecule has 102 valence electrons. The topological polar surface area (TPSA) is 27.3 Å². The van der Waals surface area contributed by atoms with Crippen LogP contribution in [0.25, 0.3) is 0 Å². The van der Waals surface area contributed by atoms with Gasteiger partial charge in [0.05, 0.1) is 0 Å². The van der Waals surface area contributed by atoms with Gasteiger partial charge in [0.15, 0.2) is 0 Å². The summed E-state index contributed by atoms with van der Waals surface area (Å²) in [6.07, 6.45) is 6.00. The minimum atomic E-state index is 0.557. The second-order valence-electron chi connectivity index (χ2n) is 4.88. The van der Waals surface area contributed by atoms with Crippen molar-refractivity contribution in [1.29, 1.82) is 0 Å². The monoisotopic (exact) mass is 257 g/mol. The molecule has 2 rings (SSSR count). The number of likely N-dealkylation sites (tertiary alicyclic amines) is 1. The SMILES string of the molecule is C=CNCc1ccccc1NC1CCN(C=C)CC1. The zero-order chi connectivity index (χ0) is 13.5. The molecule has 1 aromatic rings. The van der Waals surface area contributed by atoms with E-state index in [2.05, 4.69) is 53.0 Å². The molecule has 0 radical (unpaired) electrons. The molecule has 3 nitrogen and oxygen atoms in total. The Labute approximate surface area is 116 Å². The fourth-order valence-corrected chi connectivity index (χ4v) is 2.44. The van der Waals surface area contributed by atoms with Crippen molar-refractivity contribution < 1.29 is 0 Å². The molecule has 0 spiro atoms. The Morgan fingerprint density at radius 3 is 2.63 bits per heavy atom. The number of anilines is 1. The van der Waals surface area contributed by atoms with Crippen LogP contribution in [0.3, 0.4) is 0 Å². The maximum atomic E-state index is 3.83. The highest BCUT2D eigenvalue weighted by molar-refractivity contribution is 5.51. The quantitative estimate of drug-likeness (QED) is 0.820. The highest BCUT2D eigenvalue weighted by atomic mass is 15.1. The van der Waals surface area contributed by atoms with Gasteiger partial charge in [-0.25, -0.2) is 0 Å². The molecule has 0 aliphatic carbocycles. The molecular weight excluding hydrogens is 234 g/mol. The van der Waals surface area contributed by atoms with Crippen LogP contribution in [-0.4, -0.2) is 24.0 Å². The molecule has 1 aliphatic rings. The van der Waals surface area contributed by atoms with Gasteiger partial charge in [-0.05, 0) is 36.9 Å². The number of piperidine rings is 1. The van der Waals surface area contributed by atoms with Crippen molar-refractivity contribution >= 4 is 5.69 Å². The first-order valence-electron chi connectivity index (χ1n) is 6.89. The van der Waals surface area contributed by atoms with Crippen molar-refractivity contribution in [3.05, 3.63) is 55.4 Å². The lowest BCUT2D eigenvalue weighted by atomic mass is 10.0. The molecule has 19 heavy (non-hydrogen) atoms. The molecule has 1 aromatic carbocycles. The van der Waals surface area contributed by atoms with Crippen LogP contribution >= 0.6 is 0 Å². The van der Waals surface area contributed by atoms with E-state index in [4.69, 9.17) is 0 Å². The smallest absolute Gasteiger partial charge is 0.0415 e. The molecular formula is C16H23N3. The van der Waals surface area contributed by atoms with Crippen molar-refractivity contribution in [2.24, 2.45) is 0 Å². The van der Waals surface area contributed by atoms with Gasteiger partial charge in [0.1, 0.15) is 0 Å². The van der Waals surface area contributed by atoms with Gasteiger partial charge in [-0.1, -0.05) is 31.4 Å². The maximum absolute atomic E-state index is 3.83. The van der Waals surface area contributed by atoms with Gasteiger partial charge in [-0.2, -0.15) is 0 Å². The van der Waals surface area contributed by atoms with Crippen LogP contribution in [0.5, 0.6) is 0 Å². The van der Waals surface area contributed by atoms with Crippen LogP contribution < -0.4 is 10.6 Å². The first-order chi connectivity index (χ1) is 9.33. The fraction of sp³-hybridized carbons (Fsp3) is 0.375. The molecule has 1 aliphatic heterocycles. The van der Waals surface area contributed by atoms with E-state index < -0.39 is 0 Å². The first-order valence-corrected chi connectivity index (χ1v) is 6.89. The van der Waals surface area contributed by atoms with E-state index in [1.165, 1.54) is 11.3 Å². The Morgan fingerprint density at radius 2 is 1.95 bits per heavy atom. The number of hydrogen-bond donors (Lipinski definition) is 2. The Morgan fingerprint density at radius 1 is 1.21 bits per heavy atom. The highest BCUT2D eigenvalue weighted by Crippen LogP contribution is 2.20. The van der Waals surface area contributed by atoms with Crippen LogP contribution in [0.2, 0.25) is 0 Å². The zero-order valence-electron chi connectivity index (χ0n) is 11.4. The standard InChI is InChI=1S/C16H23N3/c1-3-17-13-14-7-5-6-8-16(14)18-15-9-11-19(4-2)12-10-15/h3-8,15,17-18H,1-2,9-13H2. The summed E-state index contributed by atoms with van der Waals surface area (Å²) in [7, 11) is 0.